The third kappa shape index (κ3) is 15.2. The van der Waals surface area contributed by atoms with Gasteiger partial charge in [-0.05, 0) is 44.6 Å². The minimum Gasteiger partial charge on any atom is -0.464 e. The van der Waals surface area contributed by atoms with Gasteiger partial charge in [-0.2, -0.15) is 0 Å². The van der Waals surface area contributed by atoms with Gasteiger partial charge in [0.05, 0.1) is 18.3 Å². The molecule has 0 radical (unpaired) electrons. The molecule has 2 rings (SSSR count). The van der Waals surface area contributed by atoms with E-state index in [-0.39, 0.29) is 11.9 Å². The second-order valence-corrected chi connectivity index (χ2v) is 12.5. The van der Waals surface area contributed by atoms with Crippen LogP contribution in [0.1, 0.15) is 149 Å². The molecular weight excluding hydrogens is 524 g/mol. The van der Waals surface area contributed by atoms with Crippen molar-refractivity contribution < 1.29 is 14.3 Å². The first kappa shape index (κ1) is 35.8. The number of nitrogens with one attached hydrogen (secondary N) is 1. The molecule has 0 saturated heterocycles. The molecule has 0 aliphatic carbocycles. The number of esters is 1. The molecule has 0 saturated carbocycles. The van der Waals surface area contributed by atoms with Crippen molar-refractivity contribution in [3.63, 3.8) is 0 Å². The number of fused-ring (bicyclic) bond motifs is 1. The number of amides is 1. The Hall–Kier alpha value is -2.44. The van der Waals surface area contributed by atoms with E-state index in [1.807, 2.05) is 13.0 Å². The van der Waals surface area contributed by atoms with Crippen molar-refractivity contribution in [1.29, 1.82) is 0 Å². The zero-order valence-corrected chi connectivity index (χ0v) is 27.3. The normalized spacial score (nSPS) is 12.2. The molecule has 1 amide bonds. The van der Waals surface area contributed by atoms with Crippen molar-refractivity contribution >= 4 is 22.9 Å². The van der Waals surface area contributed by atoms with Crippen molar-refractivity contribution in [2.24, 2.45) is 5.92 Å². The van der Waals surface area contributed by atoms with Crippen LogP contribution < -0.4 is 5.32 Å². The fourth-order valence-corrected chi connectivity index (χ4v) is 5.64. The number of imidazole rings is 1. The molecule has 0 aliphatic rings. The van der Waals surface area contributed by atoms with Gasteiger partial charge in [0.15, 0.2) is 0 Å². The van der Waals surface area contributed by atoms with Gasteiger partial charge in [0.2, 0.25) is 5.91 Å². The van der Waals surface area contributed by atoms with Crippen LogP contribution in [0.4, 0.5) is 0 Å². The van der Waals surface area contributed by atoms with E-state index in [0.29, 0.717) is 25.4 Å². The Bertz CT molecular complexity index is 1000. The highest BCUT2D eigenvalue weighted by Gasteiger charge is 2.23. The molecule has 2 aromatic heterocycles. The van der Waals surface area contributed by atoms with Crippen LogP contribution in [0.3, 0.4) is 0 Å². The van der Waals surface area contributed by atoms with Crippen LogP contribution in [0.5, 0.6) is 0 Å². The number of hydrogen-bond donors (Lipinski definition) is 1. The Kier molecular flexibility index (Phi) is 18.9. The molecule has 7 nitrogen and oxygen atoms in total. The maximum Gasteiger partial charge on any atom is 0.328 e. The lowest BCUT2D eigenvalue weighted by Gasteiger charge is -2.19. The smallest absolute Gasteiger partial charge is 0.328 e. The fourth-order valence-electron chi connectivity index (χ4n) is 5.64. The average molecular weight is 585 g/mol. The van der Waals surface area contributed by atoms with Crippen molar-refractivity contribution in [2.75, 3.05) is 6.61 Å². The van der Waals surface area contributed by atoms with Crippen LogP contribution in [-0.2, 0) is 20.9 Å². The first-order valence-corrected chi connectivity index (χ1v) is 17.1. The summed E-state index contributed by atoms with van der Waals surface area (Å²) in [5, 5.41) is 2.95. The lowest BCUT2D eigenvalue weighted by molar-refractivity contribution is -0.148. The number of rotatable bonds is 25. The highest BCUT2D eigenvalue weighted by atomic mass is 16.5. The van der Waals surface area contributed by atoms with E-state index in [1.54, 1.807) is 12.4 Å². The van der Waals surface area contributed by atoms with Gasteiger partial charge >= 0.3 is 5.97 Å². The highest BCUT2D eigenvalue weighted by Crippen LogP contribution is 2.16. The summed E-state index contributed by atoms with van der Waals surface area (Å²) in [5.41, 5.74) is 2.02. The predicted molar refractivity (Wildman–Crippen MR) is 173 cm³/mol. The zero-order valence-electron chi connectivity index (χ0n) is 27.3. The van der Waals surface area contributed by atoms with Crippen LogP contribution in [0.25, 0.3) is 11.0 Å². The topological polar surface area (TPSA) is 86.1 Å². The molecule has 2 aromatic rings. The van der Waals surface area contributed by atoms with E-state index >= 15 is 0 Å². The third-order valence-electron chi connectivity index (χ3n) is 8.10. The highest BCUT2D eigenvalue weighted by molar-refractivity contribution is 5.84. The molecule has 0 bridgehead atoms. The average Bonchev–Trinajstić information content (AvgIpc) is 3.28. The van der Waals surface area contributed by atoms with Gasteiger partial charge in [-0.15, -0.1) is 0 Å². The van der Waals surface area contributed by atoms with Crippen LogP contribution in [0.2, 0.25) is 0 Å². The summed E-state index contributed by atoms with van der Waals surface area (Å²) >= 11 is 0. The molecule has 1 atom stereocenters. The summed E-state index contributed by atoms with van der Waals surface area (Å²) in [6, 6.07) is 1.44. The number of carbonyl (C=O) groups excluding carboxylic acids is 2. The van der Waals surface area contributed by atoms with E-state index in [2.05, 4.69) is 40.6 Å². The lowest BCUT2D eigenvalue weighted by atomic mass is 10.0. The van der Waals surface area contributed by atoms with E-state index in [0.717, 1.165) is 55.5 Å². The molecule has 7 heteroatoms. The maximum atomic E-state index is 12.7. The van der Waals surface area contributed by atoms with Gasteiger partial charge in [-0.1, -0.05) is 111 Å². The van der Waals surface area contributed by atoms with E-state index in [4.69, 9.17) is 4.74 Å². The summed E-state index contributed by atoms with van der Waals surface area (Å²) in [6.07, 6.45) is 25.5. The Morgan fingerprint density at radius 2 is 1.45 bits per heavy atom. The number of aryl methyl sites for hydroxylation is 2. The minimum absolute atomic E-state index is 0.0653. The summed E-state index contributed by atoms with van der Waals surface area (Å²) < 4.78 is 7.79. The quantitative estimate of drug-likeness (QED) is 0.0930. The Morgan fingerprint density at radius 3 is 2.07 bits per heavy atom. The number of aromatic nitrogens is 3. The van der Waals surface area contributed by atoms with Gasteiger partial charge in [0, 0.05) is 19.2 Å². The van der Waals surface area contributed by atoms with Gasteiger partial charge < -0.3 is 14.6 Å². The van der Waals surface area contributed by atoms with E-state index in [9.17, 15) is 9.59 Å². The zero-order chi connectivity index (χ0) is 30.4. The SMILES string of the molecule is CCCCCCCCCCCCCCCCOC(=O)[C@H](CC(C)C)NC(=O)CCCCCn1c(C)nc2cnccc21. The second-order valence-electron chi connectivity index (χ2n) is 12.5. The molecule has 42 heavy (non-hydrogen) atoms. The molecular formula is C35H60N4O3. The number of nitrogens with zero attached hydrogens (tertiary/aromatic N) is 3. The van der Waals surface area contributed by atoms with Crippen LogP contribution in [0.15, 0.2) is 18.5 Å². The maximum absolute atomic E-state index is 12.7. The van der Waals surface area contributed by atoms with Crippen molar-refractivity contribution in [3.8, 4) is 0 Å². The van der Waals surface area contributed by atoms with Crippen LogP contribution in [-0.4, -0.2) is 39.1 Å². The Balaban J connectivity index is 1.52. The number of hydrogen-bond acceptors (Lipinski definition) is 5. The fraction of sp³-hybridized carbons (Fsp3) is 0.771. The van der Waals surface area contributed by atoms with Gasteiger partial charge in [0.1, 0.15) is 17.4 Å². The molecule has 0 aromatic carbocycles. The second kappa shape index (κ2) is 22.1. The van der Waals surface area contributed by atoms with Crippen LogP contribution >= 0.6 is 0 Å². The Morgan fingerprint density at radius 1 is 0.857 bits per heavy atom. The summed E-state index contributed by atoms with van der Waals surface area (Å²) in [4.78, 5) is 34.1. The van der Waals surface area contributed by atoms with Crippen molar-refractivity contribution in [2.45, 2.75) is 162 Å². The lowest BCUT2D eigenvalue weighted by Crippen LogP contribution is -2.42. The summed E-state index contributed by atoms with van der Waals surface area (Å²) in [5.74, 6) is 0.931. The number of carbonyl (C=O) groups is 2. The van der Waals surface area contributed by atoms with Gasteiger partial charge in [0.25, 0.3) is 0 Å². The first-order chi connectivity index (χ1) is 20.4. The largest absolute Gasteiger partial charge is 0.464 e. The minimum atomic E-state index is -0.558. The summed E-state index contributed by atoms with van der Waals surface area (Å²) in [7, 11) is 0. The van der Waals surface area contributed by atoms with Crippen LogP contribution in [0, 0.1) is 12.8 Å². The molecule has 0 unspecified atom stereocenters. The third-order valence-corrected chi connectivity index (χ3v) is 8.10. The molecule has 0 spiro atoms. The van der Waals surface area contributed by atoms with Gasteiger partial charge in [-0.3, -0.25) is 9.78 Å². The number of ether oxygens (including phenoxy) is 1. The van der Waals surface area contributed by atoms with Gasteiger partial charge in [-0.25, -0.2) is 9.78 Å². The Labute approximate surface area is 256 Å². The van der Waals surface area contributed by atoms with E-state index in [1.165, 1.54) is 77.0 Å². The molecule has 2 heterocycles. The molecule has 1 N–H and O–H groups in total. The number of unbranched alkanes of at least 4 members (excludes halogenated alkanes) is 15. The van der Waals surface area contributed by atoms with Crippen molar-refractivity contribution in [1.82, 2.24) is 19.9 Å². The number of pyridine rings is 1. The van der Waals surface area contributed by atoms with Crippen molar-refractivity contribution in [3.05, 3.63) is 24.3 Å². The monoisotopic (exact) mass is 584 g/mol. The predicted octanol–water partition coefficient (Wildman–Crippen LogP) is 8.86. The molecule has 0 aliphatic heterocycles. The first-order valence-electron chi connectivity index (χ1n) is 17.1. The molecule has 238 valence electrons. The standard InChI is InChI=1S/C35H60N4O3/c1-5-6-7-8-9-10-11-12-13-14-15-16-17-21-26-42-35(41)31(27-29(2)3)38-34(40)22-19-18-20-25-39-30(4)37-32-28-36-24-23-33(32)39/h23-24,28-29,31H,5-22,25-27H2,1-4H3,(H,38,40)/t31-/m0/s1. The summed E-state index contributed by atoms with van der Waals surface area (Å²) in [6.45, 7) is 9.74. The van der Waals surface area contributed by atoms with E-state index < -0.39 is 6.04 Å². The molecule has 0 fully saturated rings.